The summed E-state index contributed by atoms with van der Waals surface area (Å²) in [4.78, 5) is 23.4. The van der Waals surface area contributed by atoms with Crippen molar-refractivity contribution in [2.45, 2.75) is 19.8 Å². The molecule has 2 rings (SSSR count). The third-order valence-corrected chi connectivity index (χ3v) is 4.94. The summed E-state index contributed by atoms with van der Waals surface area (Å²) < 4.78 is 24.6. The molecule has 0 aromatic heterocycles. The molecule has 1 atom stereocenters. The van der Waals surface area contributed by atoms with Crippen LogP contribution in [0.25, 0.3) is 0 Å². The topological polar surface area (TPSA) is 95.6 Å². The van der Waals surface area contributed by atoms with Crippen LogP contribution < -0.4 is 10.6 Å². The largest absolute Gasteiger partial charge is 0.326 e. The van der Waals surface area contributed by atoms with Crippen molar-refractivity contribution in [1.29, 1.82) is 0 Å². The molecule has 8 heteroatoms. The lowest BCUT2D eigenvalue weighted by Gasteiger charge is -2.30. The molecule has 1 aliphatic rings. The van der Waals surface area contributed by atoms with Crippen LogP contribution in [0, 0.1) is 5.92 Å². The van der Waals surface area contributed by atoms with E-state index in [2.05, 4.69) is 10.6 Å². The molecular formula is C15H21N3O4S. The van der Waals surface area contributed by atoms with Crippen LogP contribution in [-0.2, 0) is 19.6 Å². The number of carbonyl (C=O) groups excluding carboxylic acids is 2. The van der Waals surface area contributed by atoms with Gasteiger partial charge in [0.25, 0.3) is 0 Å². The van der Waals surface area contributed by atoms with Gasteiger partial charge in [-0.15, -0.1) is 0 Å². The molecule has 1 aromatic rings. The molecule has 23 heavy (non-hydrogen) atoms. The van der Waals surface area contributed by atoms with Crippen molar-refractivity contribution in [2.75, 3.05) is 30.0 Å². The molecule has 1 fully saturated rings. The number of hydrogen-bond donors (Lipinski definition) is 2. The second-order valence-electron chi connectivity index (χ2n) is 5.71. The fraction of sp³-hybridized carbons (Fsp3) is 0.467. The lowest BCUT2D eigenvalue weighted by Crippen LogP contribution is -2.43. The predicted molar refractivity (Wildman–Crippen MR) is 88.5 cm³/mol. The van der Waals surface area contributed by atoms with Crippen LogP contribution >= 0.6 is 0 Å². The van der Waals surface area contributed by atoms with Crippen molar-refractivity contribution < 1.29 is 18.0 Å². The number of piperidine rings is 1. The average molecular weight is 339 g/mol. The van der Waals surface area contributed by atoms with E-state index < -0.39 is 10.0 Å². The highest BCUT2D eigenvalue weighted by atomic mass is 32.2. The zero-order valence-electron chi connectivity index (χ0n) is 13.2. The summed E-state index contributed by atoms with van der Waals surface area (Å²) >= 11 is 0. The van der Waals surface area contributed by atoms with Crippen molar-refractivity contribution in [3.05, 3.63) is 24.3 Å². The molecular weight excluding hydrogens is 318 g/mol. The first kappa shape index (κ1) is 17.4. The Labute approximate surface area is 136 Å². The first-order valence-electron chi connectivity index (χ1n) is 7.39. The molecule has 0 spiro atoms. The minimum absolute atomic E-state index is 0.190. The van der Waals surface area contributed by atoms with Gasteiger partial charge in [-0.3, -0.25) is 9.59 Å². The number of nitrogens with zero attached hydrogens (tertiary/aromatic N) is 1. The Bertz CT molecular complexity index is 702. The first-order chi connectivity index (χ1) is 10.8. The van der Waals surface area contributed by atoms with Gasteiger partial charge in [0.05, 0.1) is 12.2 Å². The number of amides is 2. The molecule has 1 saturated heterocycles. The van der Waals surface area contributed by atoms with Gasteiger partial charge in [-0.2, -0.15) is 0 Å². The summed E-state index contributed by atoms with van der Waals surface area (Å²) in [5.74, 6) is -0.772. The van der Waals surface area contributed by atoms with Crippen molar-refractivity contribution in [3.8, 4) is 0 Å². The van der Waals surface area contributed by atoms with Crippen LogP contribution in [0.15, 0.2) is 24.3 Å². The van der Waals surface area contributed by atoms with E-state index in [0.717, 1.165) is 6.26 Å². The van der Waals surface area contributed by atoms with Crippen LogP contribution in [0.1, 0.15) is 19.8 Å². The highest BCUT2D eigenvalue weighted by molar-refractivity contribution is 7.88. The second kappa shape index (κ2) is 7.10. The highest BCUT2D eigenvalue weighted by Crippen LogP contribution is 2.21. The minimum atomic E-state index is -3.28. The Kier molecular flexibility index (Phi) is 5.38. The summed E-state index contributed by atoms with van der Waals surface area (Å²) in [6.45, 7) is 2.07. The van der Waals surface area contributed by atoms with Gasteiger partial charge in [-0.25, -0.2) is 12.7 Å². The monoisotopic (exact) mass is 339 g/mol. The fourth-order valence-electron chi connectivity index (χ4n) is 2.58. The Hall–Kier alpha value is -1.93. The molecule has 7 nitrogen and oxygen atoms in total. The molecule has 0 aliphatic carbocycles. The van der Waals surface area contributed by atoms with E-state index in [1.54, 1.807) is 24.3 Å². The van der Waals surface area contributed by atoms with E-state index in [1.165, 1.54) is 11.2 Å². The van der Waals surface area contributed by atoms with Crippen LogP contribution in [0.3, 0.4) is 0 Å². The van der Waals surface area contributed by atoms with E-state index in [0.29, 0.717) is 30.8 Å². The maximum Gasteiger partial charge on any atom is 0.228 e. The van der Waals surface area contributed by atoms with E-state index in [-0.39, 0.29) is 24.3 Å². The third-order valence-electron chi connectivity index (χ3n) is 3.67. The van der Waals surface area contributed by atoms with Crippen molar-refractivity contribution in [2.24, 2.45) is 5.92 Å². The Balaban J connectivity index is 2.02. The van der Waals surface area contributed by atoms with Gasteiger partial charge in [-0.05, 0) is 31.0 Å². The van der Waals surface area contributed by atoms with Gasteiger partial charge in [0, 0.05) is 31.4 Å². The molecule has 0 saturated carbocycles. The molecule has 1 aliphatic heterocycles. The smallest absolute Gasteiger partial charge is 0.228 e. The molecule has 126 valence electrons. The van der Waals surface area contributed by atoms with Crippen LogP contribution in [0.2, 0.25) is 0 Å². The summed E-state index contributed by atoms with van der Waals surface area (Å²) in [6.07, 6.45) is 2.48. The van der Waals surface area contributed by atoms with Crippen LogP contribution in [-0.4, -0.2) is 43.9 Å². The lowest BCUT2D eigenvalue weighted by molar-refractivity contribution is -0.121. The first-order valence-corrected chi connectivity index (χ1v) is 9.24. The fourth-order valence-corrected chi connectivity index (χ4v) is 3.49. The lowest BCUT2D eigenvalue weighted by atomic mass is 9.98. The maximum atomic E-state index is 12.4. The molecule has 2 N–H and O–H groups in total. The van der Waals surface area contributed by atoms with E-state index in [9.17, 15) is 18.0 Å². The van der Waals surface area contributed by atoms with Gasteiger partial charge in [0.15, 0.2) is 0 Å². The van der Waals surface area contributed by atoms with Gasteiger partial charge in [-0.1, -0.05) is 6.07 Å². The zero-order chi connectivity index (χ0) is 17.0. The molecule has 0 bridgehead atoms. The number of hydrogen-bond acceptors (Lipinski definition) is 4. The SMILES string of the molecule is CC(=O)Nc1cccc(NC(=O)C2CCCN(S(C)(=O)=O)C2)c1. The Morgan fingerprint density at radius 2 is 1.87 bits per heavy atom. The number of sulfonamides is 1. The Morgan fingerprint density at radius 3 is 2.48 bits per heavy atom. The van der Waals surface area contributed by atoms with Crippen molar-refractivity contribution >= 4 is 33.2 Å². The van der Waals surface area contributed by atoms with Crippen molar-refractivity contribution in [1.82, 2.24) is 4.31 Å². The number of anilines is 2. The second-order valence-corrected chi connectivity index (χ2v) is 7.69. The van der Waals surface area contributed by atoms with Gasteiger partial charge in [0.1, 0.15) is 0 Å². The molecule has 1 aromatic carbocycles. The molecule has 2 amide bonds. The Morgan fingerprint density at radius 1 is 1.22 bits per heavy atom. The summed E-state index contributed by atoms with van der Waals surface area (Å²) in [7, 11) is -3.28. The predicted octanol–water partition coefficient (Wildman–Crippen LogP) is 1.26. The molecule has 1 unspecified atom stereocenters. The minimum Gasteiger partial charge on any atom is -0.326 e. The van der Waals surface area contributed by atoms with Crippen LogP contribution in [0.5, 0.6) is 0 Å². The number of carbonyl (C=O) groups is 2. The zero-order valence-corrected chi connectivity index (χ0v) is 14.0. The quantitative estimate of drug-likeness (QED) is 0.863. The molecule has 0 radical (unpaired) electrons. The maximum absolute atomic E-state index is 12.4. The highest BCUT2D eigenvalue weighted by Gasteiger charge is 2.30. The summed E-state index contributed by atoms with van der Waals surface area (Å²) in [5, 5.41) is 5.43. The number of nitrogens with one attached hydrogen (secondary N) is 2. The van der Waals surface area contributed by atoms with Gasteiger partial charge in [0.2, 0.25) is 21.8 Å². The number of benzene rings is 1. The summed E-state index contributed by atoms with van der Waals surface area (Å²) in [5.41, 5.74) is 1.16. The molecule has 1 heterocycles. The normalized spacial score (nSPS) is 19.1. The third kappa shape index (κ3) is 5.04. The number of rotatable bonds is 4. The standard InChI is InChI=1S/C15H21N3O4S/c1-11(19)16-13-6-3-7-14(9-13)17-15(20)12-5-4-8-18(10-12)23(2,21)22/h3,6-7,9,12H,4-5,8,10H2,1-2H3,(H,16,19)(H,17,20). The average Bonchev–Trinajstić information content (AvgIpc) is 2.46. The van der Waals surface area contributed by atoms with Crippen LogP contribution in [0.4, 0.5) is 11.4 Å². The van der Waals surface area contributed by atoms with Gasteiger partial charge < -0.3 is 10.6 Å². The van der Waals surface area contributed by atoms with E-state index in [4.69, 9.17) is 0 Å². The van der Waals surface area contributed by atoms with Crippen molar-refractivity contribution in [3.63, 3.8) is 0 Å². The summed E-state index contributed by atoms with van der Waals surface area (Å²) in [6, 6.07) is 6.84. The van der Waals surface area contributed by atoms with E-state index in [1.807, 2.05) is 0 Å². The van der Waals surface area contributed by atoms with Gasteiger partial charge >= 0.3 is 0 Å². The van der Waals surface area contributed by atoms with E-state index >= 15 is 0 Å².